The van der Waals surface area contributed by atoms with Crippen molar-refractivity contribution < 1.29 is 27.1 Å². The van der Waals surface area contributed by atoms with Crippen LogP contribution in [0.4, 0.5) is 13.2 Å². The maximum absolute atomic E-state index is 13.5. The van der Waals surface area contributed by atoms with Crippen LogP contribution in [0.25, 0.3) is 22.2 Å². The molecule has 3 rings (SSSR count). The Morgan fingerprint density at radius 2 is 2.13 bits per heavy atom. The van der Waals surface area contributed by atoms with Crippen LogP contribution in [-0.2, 0) is 10.9 Å². The molecule has 2 heterocycles. The minimum absolute atomic E-state index is 0.0434. The quantitative estimate of drug-likeness (QED) is 0.739. The maximum atomic E-state index is 13.5. The first-order chi connectivity index (χ1) is 10.9. The van der Waals surface area contributed by atoms with Crippen molar-refractivity contribution in [3.63, 3.8) is 0 Å². The number of benzene rings is 1. The molecule has 0 amide bonds. The number of nitrogens with zero attached hydrogens (tertiary/aromatic N) is 1. The lowest BCUT2D eigenvalue weighted by atomic mass is 10.0. The van der Waals surface area contributed by atoms with Crippen LogP contribution in [-0.4, -0.2) is 22.8 Å². The van der Waals surface area contributed by atoms with Gasteiger partial charge in [-0.15, -0.1) is 0 Å². The summed E-state index contributed by atoms with van der Waals surface area (Å²) in [6, 6.07) is 6.37. The van der Waals surface area contributed by atoms with Gasteiger partial charge in [-0.1, -0.05) is 12.1 Å². The zero-order valence-electron chi connectivity index (χ0n) is 11.9. The Hall–Kier alpha value is -2.77. The molecular weight excluding hydrogens is 313 g/mol. The summed E-state index contributed by atoms with van der Waals surface area (Å²) in [7, 11) is 0. The van der Waals surface area contributed by atoms with Gasteiger partial charge in [-0.05, 0) is 19.1 Å². The number of fused-ring (bicyclic) bond motifs is 1. The van der Waals surface area contributed by atoms with Gasteiger partial charge in [0.2, 0.25) is 0 Å². The van der Waals surface area contributed by atoms with Crippen LogP contribution in [0.5, 0.6) is 0 Å². The van der Waals surface area contributed by atoms with Gasteiger partial charge in [0.15, 0.2) is 5.69 Å². The van der Waals surface area contributed by atoms with Gasteiger partial charge in [0.05, 0.1) is 12.9 Å². The van der Waals surface area contributed by atoms with E-state index in [-0.39, 0.29) is 17.8 Å². The zero-order valence-corrected chi connectivity index (χ0v) is 11.9. The van der Waals surface area contributed by atoms with Gasteiger partial charge in [0.25, 0.3) is 0 Å². The van der Waals surface area contributed by atoms with E-state index < -0.39 is 29.1 Å². The van der Waals surface area contributed by atoms with E-state index in [1.807, 2.05) is 0 Å². The van der Waals surface area contributed by atoms with Crippen LogP contribution in [0.3, 0.4) is 0 Å². The monoisotopic (exact) mass is 324 g/mol. The number of aromatic nitrogens is 2. The summed E-state index contributed by atoms with van der Waals surface area (Å²) in [6.07, 6.45) is -3.40. The number of alkyl halides is 3. The lowest BCUT2D eigenvalue weighted by Crippen LogP contribution is -2.15. The predicted octanol–water partition coefficient (Wildman–Crippen LogP) is 4.02. The fourth-order valence-electron chi connectivity index (χ4n) is 2.34. The summed E-state index contributed by atoms with van der Waals surface area (Å²) in [6.45, 7) is 1.46. The summed E-state index contributed by atoms with van der Waals surface area (Å²) in [5.74, 6) is -1.11. The average molecular weight is 324 g/mol. The highest BCUT2D eigenvalue weighted by molar-refractivity contribution is 5.96. The summed E-state index contributed by atoms with van der Waals surface area (Å²) in [4.78, 5) is 11.8. The number of ether oxygens (including phenoxy) is 1. The number of carbonyl (C=O) groups is 1. The molecule has 120 valence electrons. The molecule has 5 nitrogen and oxygen atoms in total. The van der Waals surface area contributed by atoms with Crippen molar-refractivity contribution in [1.82, 2.24) is 10.2 Å². The predicted molar refractivity (Wildman–Crippen MR) is 74.8 cm³/mol. The number of furan rings is 1. The van der Waals surface area contributed by atoms with E-state index in [0.29, 0.717) is 5.39 Å². The molecule has 0 unspecified atom stereocenters. The van der Waals surface area contributed by atoms with Crippen LogP contribution < -0.4 is 0 Å². The van der Waals surface area contributed by atoms with Crippen LogP contribution >= 0.6 is 0 Å². The van der Waals surface area contributed by atoms with Gasteiger partial charge >= 0.3 is 12.1 Å². The number of nitrogens with one attached hydrogen (secondary N) is 1. The molecule has 1 aromatic carbocycles. The summed E-state index contributed by atoms with van der Waals surface area (Å²) in [5, 5.41) is 6.45. The lowest BCUT2D eigenvalue weighted by Gasteiger charge is -2.09. The minimum Gasteiger partial charge on any atom is -0.464 e. The Kier molecular flexibility index (Phi) is 3.59. The molecule has 23 heavy (non-hydrogen) atoms. The molecule has 0 saturated heterocycles. The standard InChI is InChI=1S/C15H11F3N2O3/c1-2-22-14(21)12-10(15(16,17)18)11(19-20-12)9-5-3-4-8-6-7-23-13(8)9/h3-7H,2H2,1H3,(H,19,20). The van der Waals surface area contributed by atoms with Crippen molar-refractivity contribution in [3.05, 3.63) is 41.8 Å². The molecule has 0 saturated carbocycles. The number of halogens is 3. The molecular formula is C15H11F3N2O3. The first-order valence-electron chi connectivity index (χ1n) is 6.72. The number of carbonyl (C=O) groups excluding carboxylic acids is 1. The molecule has 0 aliphatic heterocycles. The third kappa shape index (κ3) is 2.56. The number of esters is 1. The van der Waals surface area contributed by atoms with Crippen molar-refractivity contribution >= 4 is 16.9 Å². The van der Waals surface area contributed by atoms with Crippen LogP contribution in [0.15, 0.2) is 34.9 Å². The van der Waals surface area contributed by atoms with Gasteiger partial charge in [-0.25, -0.2) is 4.79 Å². The van der Waals surface area contributed by atoms with Crippen molar-refractivity contribution in [1.29, 1.82) is 0 Å². The third-order valence-corrected chi connectivity index (χ3v) is 3.26. The summed E-state index contributed by atoms with van der Waals surface area (Å²) >= 11 is 0. The fourth-order valence-corrected chi connectivity index (χ4v) is 2.34. The molecule has 0 radical (unpaired) electrons. The minimum atomic E-state index is -4.78. The second kappa shape index (κ2) is 5.45. The smallest absolute Gasteiger partial charge is 0.420 e. The van der Waals surface area contributed by atoms with Crippen LogP contribution in [0.2, 0.25) is 0 Å². The molecule has 2 aromatic heterocycles. The van der Waals surface area contributed by atoms with Gasteiger partial charge < -0.3 is 9.15 Å². The third-order valence-electron chi connectivity index (χ3n) is 3.26. The first-order valence-corrected chi connectivity index (χ1v) is 6.72. The molecule has 8 heteroatoms. The largest absolute Gasteiger partial charge is 0.464 e. The van der Waals surface area contributed by atoms with E-state index in [2.05, 4.69) is 14.9 Å². The molecule has 0 atom stereocenters. The number of hydrogen-bond donors (Lipinski definition) is 1. The van der Waals surface area contributed by atoms with E-state index in [1.54, 1.807) is 18.2 Å². The highest BCUT2D eigenvalue weighted by Crippen LogP contribution is 2.40. The number of aromatic amines is 1. The van der Waals surface area contributed by atoms with E-state index in [1.165, 1.54) is 19.3 Å². The van der Waals surface area contributed by atoms with E-state index >= 15 is 0 Å². The highest BCUT2D eigenvalue weighted by Gasteiger charge is 2.42. The average Bonchev–Trinajstić information content (AvgIpc) is 3.13. The zero-order chi connectivity index (χ0) is 16.6. The Bertz CT molecular complexity index is 864. The van der Waals surface area contributed by atoms with Gasteiger partial charge in [0.1, 0.15) is 16.8 Å². The van der Waals surface area contributed by atoms with Crippen molar-refractivity contribution in [2.24, 2.45) is 0 Å². The second-order valence-corrected chi connectivity index (χ2v) is 4.68. The lowest BCUT2D eigenvalue weighted by molar-refractivity contribution is -0.137. The number of H-pyrrole nitrogens is 1. The Morgan fingerprint density at radius 1 is 1.35 bits per heavy atom. The Morgan fingerprint density at radius 3 is 2.83 bits per heavy atom. The molecule has 0 spiro atoms. The number of rotatable bonds is 3. The highest BCUT2D eigenvalue weighted by atomic mass is 19.4. The summed E-state index contributed by atoms with van der Waals surface area (Å²) in [5.41, 5.74) is -1.88. The van der Waals surface area contributed by atoms with Crippen LogP contribution in [0.1, 0.15) is 23.0 Å². The Balaban J connectivity index is 2.24. The van der Waals surface area contributed by atoms with Crippen molar-refractivity contribution in [2.45, 2.75) is 13.1 Å². The first kappa shape index (κ1) is 15.1. The topological polar surface area (TPSA) is 68.1 Å². The molecule has 3 aromatic rings. The second-order valence-electron chi connectivity index (χ2n) is 4.68. The normalized spacial score (nSPS) is 11.8. The van der Waals surface area contributed by atoms with Crippen molar-refractivity contribution in [2.75, 3.05) is 6.61 Å². The van der Waals surface area contributed by atoms with E-state index in [0.717, 1.165) is 0 Å². The van der Waals surface area contributed by atoms with E-state index in [4.69, 9.17) is 4.42 Å². The number of para-hydroxylation sites is 1. The SMILES string of the molecule is CCOC(=O)c1[nH]nc(-c2cccc3ccoc23)c1C(F)(F)F. The van der Waals surface area contributed by atoms with Gasteiger partial charge in [-0.3, -0.25) is 5.10 Å². The molecule has 0 bridgehead atoms. The van der Waals surface area contributed by atoms with E-state index in [9.17, 15) is 18.0 Å². The van der Waals surface area contributed by atoms with Crippen molar-refractivity contribution in [3.8, 4) is 11.3 Å². The van der Waals surface area contributed by atoms with Gasteiger partial charge in [0, 0.05) is 10.9 Å². The molecule has 1 N–H and O–H groups in total. The Labute approximate surface area is 128 Å². The maximum Gasteiger partial charge on any atom is 0.420 e. The molecule has 0 aliphatic rings. The van der Waals surface area contributed by atoms with Crippen LogP contribution in [0, 0.1) is 0 Å². The molecule has 0 aliphatic carbocycles. The summed E-state index contributed by atoms with van der Waals surface area (Å²) < 4.78 is 50.3. The molecule has 0 fully saturated rings. The number of hydrogen-bond acceptors (Lipinski definition) is 4. The van der Waals surface area contributed by atoms with Gasteiger partial charge in [-0.2, -0.15) is 18.3 Å². The fraction of sp³-hybridized carbons (Fsp3) is 0.200.